The van der Waals surface area contributed by atoms with Gasteiger partial charge in [-0.3, -0.25) is 9.59 Å². The van der Waals surface area contributed by atoms with Crippen molar-refractivity contribution in [2.24, 2.45) is 5.10 Å². The van der Waals surface area contributed by atoms with E-state index in [1.54, 1.807) is 0 Å². The van der Waals surface area contributed by atoms with Crippen LogP contribution in [0.25, 0.3) is 0 Å². The summed E-state index contributed by atoms with van der Waals surface area (Å²) >= 11 is 1.44. The van der Waals surface area contributed by atoms with Gasteiger partial charge in [0, 0.05) is 30.6 Å². The molecule has 2 aliphatic rings. The second-order valence-electron chi connectivity index (χ2n) is 6.58. The standard InChI is InChI=1S/C19H20N4O2S/c24-17(21-19-20-16(12-26-19)14-6-7-14)8-9-18(25)23-11-10-15(22-23)13-4-2-1-3-5-13/h1-5,12,14H,6-11H2,(H,20,21,24). The van der Waals surface area contributed by atoms with E-state index in [9.17, 15) is 9.59 Å². The molecular weight excluding hydrogens is 348 g/mol. The first kappa shape index (κ1) is 16.9. The van der Waals surface area contributed by atoms with Crippen molar-refractivity contribution in [3.63, 3.8) is 0 Å². The molecule has 0 bridgehead atoms. The minimum atomic E-state index is -0.179. The highest BCUT2D eigenvalue weighted by atomic mass is 32.1. The molecule has 0 saturated heterocycles. The fourth-order valence-corrected chi connectivity index (χ4v) is 3.72. The molecule has 0 unspecified atom stereocenters. The summed E-state index contributed by atoms with van der Waals surface area (Å²) in [6.07, 6.45) is 3.41. The van der Waals surface area contributed by atoms with Crippen LogP contribution in [0.2, 0.25) is 0 Å². The van der Waals surface area contributed by atoms with Gasteiger partial charge in [0.1, 0.15) is 0 Å². The third kappa shape index (κ3) is 3.99. The summed E-state index contributed by atoms with van der Waals surface area (Å²) in [4.78, 5) is 28.8. The molecular formula is C19H20N4O2S. The lowest BCUT2D eigenvalue weighted by atomic mass is 10.1. The molecule has 6 nitrogen and oxygen atoms in total. The van der Waals surface area contributed by atoms with Crippen LogP contribution in [0.3, 0.4) is 0 Å². The quantitative estimate of drug-likeness (QED) is 0.849. The molecule has 7 heteroatoms. The molecule has 2 amide bonds. The molecule has 1 aromatic heterocycles. The largest absolute Gasteiger partial charge is 0.302 e. The van der Waals surface area contributed by atoms with E-state index in [2.05, 4.69) is 15.4 Å². The van der Waals surface area contributed by atoms with Crippen molar-refractivity contribution >= 4 is 34.0 Å². The Labute approximate surface area is 155 Å². The van der Waals surface area contributed by atoms with Crippen LogP contribution < -0.4 is 5.32 Å². The molecule has 0 atom stereocenters. The van der Waals surface area contributed by atoms with Crippen molar-refractivity contribution in [2.45, 2.75) is 38.0 Å². The zero-order chi connectivity index (χ0) is 17.9. The average molecular weight is 368 g/mol. The number of nitrogens with one attached hydrogen (secondary N) is 1. The topological polar surface area (TPSA) is 74.7 Å². The van der Waals surface area contributed by atoms with Gasteiger partial charge in [-0.2, -0.15) is 5.10 Å². The molecule has 1 aliphatic heterocycles. The normalized spacial score (nSPS) is 16.5. The Morgan fingerprint density at radius 3 is 2.77 bits per heavy atom. The van der Waals surface area contributed by atoms with Gasteiger partial charge in [0.2, 0.25) is 11.8 Å². The summed E-state index contributed by atoms with van der Waals surface area (Å²) in [5, 5.41) is 11.3. The van der Waals surface area contributed by atoms with Crippen LogP contribution in [0.15, 0.2) is 40.8 Å². The van der Waals surface area contributed by atoms with Crippen molar-refractivity contribution < 1.29 is 9.59 Å². The first-order valence-corrected chi connectivity index (χ1v) is 9.75. The number of carbonyl (C=O) groups is 2. The van der Waals surface area contributed by atoms with Crippen LogP contribution in [-0.4, -0.2) is 34.1 Å². The maximum absolute atomic E-state index is 12.3. The van der Waals surface area contributed by atoms with E-state index in [0.29, 0.717) is 17.6 Å². The van der Waals surface area contributed by atoms with Crippen LogP contribution in [-0.2, 0) is 9.59 Å². The van der Waals surface area contributed by atoms with E-state index in [4.69, 9.17) is 0 Å². The highest BCUT2D eigenvalue weighted by molar-refractivity contribution is 7.13. The Kier molecular flexibility index (Phi) is 4.79. The summed E-state index contributed by atoms with van der Waals surface area (Å²) in [6.45, 7) is 0.571. The van der Waals surface area contributed by atoms with Gasteiger partial charge in [0.15, 0.2) is 5.13 Å². The van der Waals surface area contributed by atoms with Gasteiger partial charge in [-0.15, -0.1) is 11.3 Å². The number of hydrogen-bond acceptors (Lipinski definition) is 5. The molecule has 1 saturated carbocycles. The molecule has 0 spiro atoms. The number of thiazole rings is 1. The molecule has 1 N–H and O–H groups in total. The maximum Gasteiger partial charge on any atom is 0.243 e. The molecule has 0 radical (unpaired) electrons. The van der Waals surface area contributed by atoms with Gasteiger partial charge in [-0.05, 0) is 18.4 Å². The number of carbonyl (C=O) groups excluding carboxylic acids is 2. The molecule has 1 fully saturated rings. The van der Waals surface area contributed by atoms with Gasteiger partial charge in [-0.25, -0.2) is 9.99 Å². The summed E-state index contributed by atoms with van der Waals surface area (Å²) in [7, 11) is 0. The van der Waals surface area contributed by atoms with Crippen molar-refractivity contribution in [3.05, 3.63) is 47.0 Å². The average Bonchev–Trinajstić information content (AvgIpc) is 3.20. The summed E-state index contributed by atoms with van der Waals surface area (Å²) in [6, 6.07) is 9.85. The Morgan fingerprint density at radius 1 is 1.19 bits per heavy atom. The van der Waals surface area contributed by atoms with Crippen molar-refractivity contribution in [3.8, 4) is 0 Å². The lowest BCUT2D eigenvalue weighted by Crippen LogP contribution is -2.24. The smallest absolute Gasteiger partial charge is 0.243 e. The first-order chi connectivity index (χ1) is 12.7. The third-order valence-corrected chi connectivity index (χ3v) is 5.30. The van der Waals surface area contributed by atoms with Gasteiger partial charge in [0.25, 0.3) is 0 Å². The minimum absolute atomic E-state index is 0.121. The van der Waals surface area contributed by atoms with Crippen molar-refractivity contribution in [1.82, 2.24) is 9.99 Å². The molecule has 2 heterocycles. The van der Waals surface area contributed by atoms with Gasteiger partial charge >= 0.3 is 0 Å². The number of hydrogen-bond donors (Lipinski definition) is 1. The molecule has 4 rings (SSSR count). The fourth-order valence-electron chi connectivity index (χ4n) is 2.91. The molecule has 26 heavy (non-hydrogen) atoms. The number of nitrogens with zero attached hydrogens (tertiary/aromatic N) is 3. The van der Waals surface area contributed by atoms with E-state index in [1.165, 1.54) is 29.2 Å². The summed E-state index contributed by atoms with van der Waals surface area (Å²) < 4.78 is 0. The highest BCUT2D eigenvalue weighted by Gasteiger charge is 2.26. The van der Waals surface area contributed by atoms with Crippen molar-refractivity contribution in [2.75, 3.05) is 11.9 Å². The Hall–Kier alpha value is -2.54. The summed E-state index contributed by atoms with van der Waals surface area (Å²) in [5.41, 5.74) is 3.02. The van der Waals surface area contributed by atoms with Crippen molar-refractivity contribution in [1.29, 1.82) is 0 Å². The Balaban J connectivity index is 1.27. The predicted octanol–water partition coefficient (Wildman–Crippen LogP) is 3.38. The van der Waals surface area contributed by atoms with Crippen LogP contribution in [0.5, 0.6) is 0 Å². The Bertz CT molecular complexity index is 842. The second-order valence-corrected chi connectivity index (χ2v) is 7.44. The van der Waals surface area contributed by atoms with Crippen LogP contribution in [0.1, 0.15) is 49.3 Å². The highest BCUT2D eigenvalue weighted by Crippen LogP contribution is 2.40. The molecule has 1 aliphatic carbocycles. The van der Waals surface area contributed by atoms with E-state index in [1.807, 2.05) is 35.7 Å². The second kappa shape index (κ2) is 7.37. The predicted molar refractivity (Wildman–Crippen MR) is 101 cm³/mol. The van der Waals surface area contributed by atoms with E-state index in [0.717, 1.165) is 23.4 Å². The van der Waals surface area contributed by atoms with Crippen LogP contribution >= 0.6 is 11.3 Å². The van der Waals surface area contributed by atoms with Gasteiger partial charge in [0.05, 0.1) is 18.0 Å². The lowest BCUT2D eigenvalue weighted by Gasteiger charge is -2.10. The molecule has 2 aromatic rings. The van der Waals surface area contributed by atoms with E-state index in [-0.39, 0.29) is 24.7 Å². The lowest BCUT2D eigenvalue weighted by molar-refractivity contribution is -0.132. The van der Waals surface area contributed by atoms with Crippen LogP contribution in [0, 0.1) is 0 Å². The number of benzene rings is 1. The van der Waals surface area contributed by atoms with Gasteiger partial charge < -0.3 is 5.32 Å². The monoisotopic (exact) mass is 368 g/mol. The first-order valence-electron chi connectivity index (χ1n) is 8.87. The third-order valence-electron chi connectivity index (χ3n) is 4.53. The number of rotatable bonds is 6. The van der Waals surface area contributed by atoms with E-state index >= 15 is 0 Å². The number of anilines is 1. The summed E-state index contributed by atoms with van der Waals surface area (Å²) in [5.74, 6) is 0.274. The maximum atomic E-state index is 12.3. The van der Waals surface area contributed by atoms with E-state index < -0.39 is 0 Å². The number of hydrazone groups is 1. The van der Waals surface area contributed by atoms with Gasteiger partial charge in [-0.1, -0.05) is 30.3 Å². The van der Waals surface area contributed by atoms with Crippen LogP contribution in [0.4, 0.5) is 5.13 Å². The minimum Gasteiger partial charge on any atom is -0.302 e. The number of amides is 2. The molecule has 1 aromatic carbocycles. The molecule has 134 valence electrons. The fraction of sp³-hybridized carbons (Fsp3) is 0.368. The SMILES string of the molecule is O=C(CCC(=O)N1CCC(c2ccccc2)=N1)Nc1nc(C2CC2)cs1. The Morgan fingerprint density at radius 2 is 2.00 bits per heavy atom. The number of aromatic nitrogens is 1. The zero-order valence-electron chi connectivity index (χ0n) is 14.4. The zero-order valence-corrected chi connectivity index (χ0v) is 15.2.